The maximum absolute atomic E-state index is 11.7. The lowest BCUT2D eigenvalue weighted by atomic mass is 10.1. The van der Waals surface area contributed by atoms with Gasteiger partial charge in [-0.2, -0.15) is 0 Å². The van der Waals surface area contributed by atoms with Crippen molar-refractivity contribution in [3.63, 3.8) is 0 Å². The van der Waals surface area contributed by atoms with Crippen LogP contribution in [0.15, 0.2) is 28.1 Å². The molecule has 28 heavy (non-hydrogen) atoms. The molecule has 0 unspecified atom stereocenters. The third kappa shape index (κ3) is 7.77. The predicted octanol–water partition coefficient (Wildman–Crippen LogP) is 1.57. The average molecular weight is 411 g/mol. The molecule has 0 spiro atoms. The molecular formula is C20H34N4O3S. The van der Waals surface area contributed by atoms with Crippen LogP contribution < -0.4 is 10.6 Å². The predicted molar refractivity (Wildman–Crippen MR) is 114 cm³/mol. The molecule has 2 rings (SSSR count). The molecule has 1 aliphatic heterocycles. The molecule has 0 amide bonds. The van der Waals surface area contributed by atoms with Crippen molar-refractivity contribution < 1.29 is 13.2 Å². The average Bonchev–Trinajstić information content (AvgIpc) is 2.65. The van der Waals surface area contributed by atoms with E-state index in [1.807, 2.05) is 26.0 Å². The zero-order valence-electron chi connectivity index (χ0n) is 17.3. The number of aryl methyl sites for hydroxylation is 1. The Morgan fingerprint density at radius 3 is 2.61 bits per heavy atom. The third-order valence-corrected chi connectivity index (χ3v) is 5.96. The smallest absolute Gasteiger partial charge is 0.191 e. The summed E-state index contributed by atoms with van der Waals surface area (Å²) in [6.45, 7) is 10.9. The second-order valence-electron chi connectivity index (χ2n) is 7.16. The van der Waals surface area contributed by atoms with E-state index in [1.165, 1.54) is 6.26 Å². The first-order chi connectivity index (χ1) is 13.4. The van der Waals surface area contributed by atoms with E-state index in [2.05, 4.69) is 20.5 Å². The van der Waals surface area contributed by atoms with Gasteiger partial charge in [0.2, 0.25) is 0 Å². The lowest BCUT2D eigenvalue weighted by Crippen LogP contribution is -2.39. The van der Waals surface area contributed by atoms with Gasteiger partial charge in [-0.15, -0.1) is 0 Å². The van der Waals surface area contributed by atoms with E-state index in [0.29, 0.717) is 11.4 Å². The first-order valence-electron chi connectivity index (χ1n) is 10.0. The fourth-order valence-corrected chi connectivity index (χ4v) is 4.19. The standard InChI is InChI=1S/C20H34N4O3S/c1-4-21-20(22-9-5-6-10-24-11-13-27-14-12-24)23-16-18-7-8-19(17(2)15-18)28(3,25)26/h7-8,15H,4-6,9-14,16H2,1-3H3,(H2,21,22,23). The van der Waals surface area contributed by atoms with Crippen LogP contribution in [0.3, 0.4) is 0 Å². The monoisotopic (exact) mass is 410 g/mol. The highest BCUT2D eigenvalue weighted by molar-refractivity contribution is 7.90. The molecule has 8 heteroatoms. The Hall–Kier alpha value is -1.64. The molecule has 158 valence electrons. The van der Waals surface area contributed by atoms with Crippen molar-refractivity contribution in [1.29, 1.82) is 0 Å². The first kappa shape index (κ1) is 22.6. The first-order valence-corrected chi connectivity index (χ1v) is 11.9. The molecule has 1 fully saturated rings. The summed E-state index contributed by atoms with van der Waals surface area (Å²) in [6.07, 6.45) is 3.47. The minimum absolute atomic E-state index is 0.380. The van der Waals surface area contributed by atoms with Gasteiger partial charge < -0.3 is 15.4 Å². The highest BCUT2D eigenvalue weighted by Gasteiger charge is 2.11. The van der Waals surface area contributed by atoms with Crippen LogP contribution in [-0.2, 0) is 21.1 Å². The van der Waals surface area contributed by atoms with Gasteiger partial charge in [-0.05, 0) is 50.4 Å². The summed E-state index contributed by atoms with van der Waals surface area (Å²) in [7, 11) is -3.19. The summed E-state index contributed by atoms with van der Waals surface area (Å²) in [4.78, 5) is 7.45. The molecule has 1 heterocycles. The topological polar surface area (TPSA) is 83.0 Å². The van der Waals surface area contributed by atoms with Crippen molar-refractivity contribution in [2.75, 3.05) is 52.2 Å². The Labute approximate surface area is 169 Å². The molecule has 0 radical (unpaired) electrons. The van der Waals surface area contributed by atoms with E-state index in [4.69, 9.17) is 4.74 Å². The highest BCUT2D eigenvalue weighted by Crippen LogP contribution is 2.17. The Kier molecular flexibility index (Phi) is 9.21. The SMILES string of the molecule is CCNC(=NCc1ccc(S(C)(=O)=O)c(C)c1)NCCCCN1CCOCC1. The minimum atomic E-state index is -3.19. The van der Waals surface area contributed by atoms with Crippen molar-refractivity contribution in [2.24, 2.45) is 4.99 Å². The van der Waals surface area contributed by atoms with Crippen LogP contribution in [0.1, 0.15) is 30.9 Å². The largest absolute Gasteiger partial charge is 0.379 e. The molecule has 1 aromatic carbocycles. The van der Waals surface area contributed by atoms with Gasteiger partial charge in [0.1, 0.15) is 0 Å². The van der Waals surface area contributed by atoms with Gasteiger partial charge in [0.25, 0.3) is 0 Å². The molecule has 2 N–H and O–H groups in total. The van der Waals surface area contributed by atoms with Crippen molar-refractivity contribution in [3.05, 3.63) is 29.3 Å². The van der Waals surface area contributed by atoms with Crippen molar-refractivity contribution in [1.82, 2.24) is 15.5 Å². The van der Waals surface area contributed by atoms with Crippen LogP contribution in [0.4, 0.5) is 0 Å². The van der Waals surface area contributed by atoms with Gasteiger partial charge in [0, 0.05) is 32.4 Å². The summed E-state index contributed by atoms with van der Waals surface area (Å²) in [5, 5.41) is 6.64. The van der Waals surface area contributed by atoms with Gasteiger partial charge in [-0.1, -0.05) is 12.1 Å². The van der Waals surface area contributed by atoms with Gasteiger partial charge in [0.15, 0.2) is 15.8 Å². The molecule has 1 saturated heterocycles. The fraction of sp³-hybridized carbons (Fsp3) is 0.650. The van der Waals surface area contributed by atoms with E-state index >= 15 is 0 Å². The van der Waals surface area contributed by atoms with Gasteiger partial charge in [-0.25, -0.2) is 13.4 Å². The molecule has 1 aromatic rings. The molecule has 1 aliphatic rings. The number of rotatable bonds is 9. The number of hydrogen-bond acceptors (Lipinski definition) is 5. The molecule has 7 nitrogen and oxygen atoms in total. The van der Waals surface area contributed by atoms with Gasteiger partial charge in [0.05, 0.1) is 24.7 Å². The number of nitrogens with one attached hydrogen (secondary N) is 2. The Morgan fingerprint density at radius 2 is 1.96 bits per heavy atom. The van der Waals surface area contributed by atoms with E-state index in [0.717, 1.165) is 75.9 Å². The molecular weight excluding hydrogens is 376 g/mol. The number of nitrogens with zero attached hydrogens (tertiary/aromatic N) is 2. The summed E-state index contributed by atoms with van der Waals surface area (Å²) in [5.41, 5.74) is 1.76. The zero-order chi connectivity index (χ0) is 20.4. The molecule has 0 aromatic heterocycles. The van der Waals surface area contributed by atoms with E-state index in [9.17, 15) is 8.42 Å². The fourth-order valence-electron chi connectivity index (χ4n) is 3.23. The number of unbranched alkanes of at least 4 members (excludes halogenated alkanes) is 1. The molecule has 0 bridgehead atoms. The van der Waals surface area contributed by atoms with Crippen LogP contribution in [-0.4, -0.2) is 71.5 Å². The normalized spacial score (nSPS) is 16.2. The zero-order valence-corrected chi connectivity index (χ0v) is 18.1. The quantitative estimate of drug-likeness (QED) is 0.365. The maximum atomic E-state index is 11.7. The summed E-state index contributed by atoms with van der Waals surface area (Å²) >= 11 is 0. The Balaban J connectivity index is 1.80. The van der Waals surface area contributed by atoms with Crippen LogP contribution >= 0.6 is 0 Å². The lowest BCUT2D eigenvalue weighted by molar-refractivity contribution is 0.0372. The van der Waals surface area contributed by atoms with Crippen molar-refractivity contribution in [3.8, 4) is 0 Å². The number of aliphatic imine (C=N–C) groups is 1. The summed E-state index contributed by atoms with van der Waals surface area (Å²) < 4.78 is 28.8. The van der Waals surface area contributed by atoms with E-state index in [1.54, 1.807) is 6.07 Å². The summed E-state index contributed by atoms with van der Waals surface area (Å²) in [6, 6.07) is 5.39. The number of ether oxygens (including phenoxy) is 1. The minimum Gasteiger partial charge on any atom is -0.379 e. The van der Waals surface area contributed by atoms with Crippen molar-refractivity contribution in [2.45, 2.75) is 38.1 Å². The molecule has 0 atom stereocenters. The van der Waals surface area contributed by atoms with Crippen molar-refractivity contribution >= 4 is 15.8 Å². The second kappa shape index (κ2) is 11.4. The second-order valence-corrected chi connectivity index (χ2v) is 9.14. The van der Waals surface area contributed by atoms with Gasteiger partial charge >= 0.3 is 0 Å². The van der Waals surface area contributed by atoms with Gasteiger partial charge in [-0.3, -0.25) is 4.90 Å². The van der Waals surface area contributed by atoms with E-state index in [-0.39, 0.29) is 0 Å². The lowest BCUT2D eigenvalue weighted by Gasteiger charge is -2.26. The van der Waals surface area contributed by atoms with Crippen LogP contribution in [0.25, 0.3) is 0 Å². The number of sulfone groups is 1. The number of morpholine rings is 1. The number of hydrogen-bond donors (Lipinski definition) is 2. The Bertz CT molecular complexity index is 744. The third-order valence-electron chi connectivity index (χ3n) is 4.70. The molecule has 0 aliphatic carbocycles. The number of benzene rings is 1. The number of guanidine groups is 1. The summed E-state index contributed by atoms with van der Waals surface area (Å²) in [5.74, 6) is 0.790. The maximum Gasteiger partial charge on any atom is 0.191 e. The van der Waals surface area contributed by atoms with E-state index < -0.39 is 9.84 Å². The Morgan fingerprint density at radius 1 is 1.21 bits per heavy atom. The van der Waals surface area contributed by atoms with Crippen LogP contribution in [0.5, 0.6) is 0 Å². The van der Waals surface area contributed by atoms with Crippen LogP contribution in [0.2, 0.25) is 0 Å². The van der Waals surface area contributed by atoms with Crippen LogP contribution in [0, 0.1) is 6.92 Å². The highest BCUT2D eigenvalue weighted by atomic mass is 32.2. The molecule has 0 saturated carbocycles.